The lowest BCUT2D eigenvalue weighted by molar-refractivity contribution is -0.933. The van der Waals surface area contributed by atoms with Crippen molar-refractivity contribution in [3.05, 3.63) is 35.9 Å². The first-order chi connectivity index (χ1) is 11.5. The lowest BCUT2D eigenvalue weighted by atomic mass is 9.68. The number of carbonyl (C=O) groups excluding carboxylic acids is 1. The van der Waals surface area contributed by atoms with Crippen LogP contribution in [0.1, 0.15) is 51.5 Å². The zero-order valence-electron chi connectivity index (χ0n) is 15.6. The van der Waals surface area contributed by atoms with Gasteiger partial charge in [-0.25, -0.2) is 0 Å². The third kappa shape index (κ3) is 3.11. The molecule has 0 bridgehead atoms. The highest BCUT2D eigenvalue weighted by molar-refractivity contribution is 5.88. The summed E-state index contributed by atoms with van der Waals surface area (Å²) >= 11 is 0. The summed E-state index contributed by atoms with van der Waals surface area (Å²) in [5.74, 6) is 0.392. The molecule has 0 atom stereocenters. The number of nitrogens with zero attached hydrogens (tertiary/aromatic N) is 2. The lowest BCUT2D eigenvalue weighted by Crippen LogP contribution is -2.63. The van der Waals surface area contributed by atoms with Crippen molar-refractivity contribution in [2.45, 2.75) is 57.4 Å². The number of carbonyl (C=O) groups is 1. The Hall–Kier alpha value is -1.35. The topological polar surface area (TPSA) is 20.3 Å². The van der Waals surface area contributed by atoms with Gasteiger partial charge in [-0.2, -0.15) is 0 Å². The molecular formula is C21H33N2O+. The van der Waals surface area contributed by atoms with E-state index in [0.717, 1.165) is 43.5 Å². The van der Waals surface area contributed by atoms with Crippen LogP contribution in [0.4, 0.5) is 0 Å². The SMILES string of the molecule is CC(C)[N+]1(C)CCN(C(=O)C2(c3ccccc3)CCCCC2)CC1. The van der Waals surface area contributed by atoms with Gasteiger partial charge in [0.2, 0.25) is 5.91 Å². The second kappa shape index (κ2) is 6.87. The number of rotatable bonds is 3. The van der Waals surface area contributed by atoms with Crippen LogP contribution in [0.3, 0.4) is 0 Å². The van der Waals surface area contributed by atoms with E-state index < -0.39 is 0 Å². The monoisotopic (exact) mass is 329 g/mol. The summed E-state index contributed by atoms with van der Waals surface area (Å²) in [4.78, 5) is 15.7. The van der Waals surface area contributed by atoms with Crippen LogP contribution in [-0.2, 0) is 10.2 Å². The average Bonchev–Trinajstić information content (AvgIpc) is 2.63. The lowest BCUT2D eigenvalue weighted by Gasteiger charge is -2.47. The molecule has 0 unspecified atom stereocenters. The molecule has 0 radical (unpaired) electrons. The van der Waals surface area contributed by atoms with E-state index >= 15 is 0 Å². The van der Waals surface area contributed by atoms with Crippen LogP contribution in [0, 0.1) is 0 Å². The molecule has 0 N–H and O–H groups in total. The van der Waals surface area contributed by atoms with Gasteiger partial charge < -0.3 is 9.38 Å². The van der Waals surface area contributed by atoms with E-state index in [2.05, 4.69) is 56.1 Å². The van der Waals surface area contributed by atoms with Gasteiger partial charge in [0.05, 0.1) is 44.7 Å². The number of hydrogen-bond donors (Lipinski definition) is 0. The number of benzene rings is 1. The van der Waals surface area contributed by atoms with Crippen LogP contribution in [0.25, 0.3) is 0 Å². The maximum absolute atomic E-state index is 13.6. The first-order valence-electron chi connectivity index (χ1n) is 9.67. The highest BCUT2D eigenvalue weighted by Gasteiger charge is 2.45. The van der Waals surface area contributed by atoms with Crippen LogP contribution in [-0.4, -0.2) is 54.6 Å². The molecule has 3 rings (SSSR count). The summed E-state index contributed by atoms with van der Waals surface area (Å²) in [6.07, 6.45) is 5.65. The van der Waals surface area contributed by atoms with Gasteiger partial charge in [-0.05, 0) is 32.3 Å². The number of likely N-dealkylation sites (N-methyl/N-ethyl adjacent to an activating group) is 1. The zero-order valence-corrected chi connectivity index (χ0v) is 15.6. The Kier molecular flexibility index (Phi) is 5.00. The third-order valence-corrected chi connectivity index (χ3v) is 6.74. The summed E-state index contributed by atoms with van der Waals surface area (Å²) in [7, 11) is 2.33. The maximum atomic E-state index is 13.6. The normalized spacial score (nSPS) is 23.2. The molecule has 24 heavy (non-hydrogen) atoms. The second-order valence-corrected chi connectivity index (χ2v) is 8.32. The first kappa shape index (κ1) is 17.5. The van der Waals surface area contributed by atoms with E-state index in [1.807, 2.05) is 0 Å². The highest BCUT2D eigenvalue weighted by Crippen LogP contribution is 2.41. The molecule has 3 nitrogen and oxygen atoms in total. The van der Waals surface area contributed by atoms with Crippen LogP contribution < -0.4 is 0 Å². The minimum Gasteiger partial charge on any atom is -0.331 e. The van der Waals surface area contributed by atoms with Crippen molar-refractivity contribution in [1.82, 2.24) is 4.90 Å². The van der Waals surface area contributed by atoms with Gasteiger partial charge in [-0.15, -0.1) is 0 Å². The minimum absolute atomic E-state index is 0.266. The van der Waals surface area contributed by atoms with Crippen molar-refractivity contribution in [3.8, 4) is 0 Å². The van der Waals surface area contributed by atoms with Gasteiger partial charge >= 0.3 is 0 Å². The largest absolute Gasteiger partial charge is 0.331 e. The molecule has 0 aromatic heterocycles. The molecule has 3 heteroatoms. The van der Waals surface area contributed by atoms with Gasteiger partial charge in [0.25, 0.3) is 0 Å². The van der Waals surface area contributed by atoms with Crippen LogP contribution in [0.15, 0.2) is 30.3 Å². The molecule has 1 aliphatic heterocycles. The molecule has 132 valence electrons. The number of quaternary nitrogens is 1. The van der Waals surface area contributed by atoms with Gasteiger partial charge in [0.1, 0.15) is 0 Å². The van der Waals surface area contributed by atoms with E-state index in [1.165, 1.54) is 24.8 Å². The Morgan fingerprint density at radius 2 is 1.62 bits per heavy atom. The summed E-state index contributed by atoms with van der Waals surface area (Å²) in [5, 5.41) is 0. The number of hydrogen-bond acceptors (Lipinski definition) is 1. The molecule has 1 saturated heterocycles. The number of piperazine rings is 1. The molecule has 2 aliphatic rings. The summed E-state index contributed by atoms with van der Waals surface area (Å²) in [6.45, 7) is 8.56. The second-order valence-electron chi connectivity index (χ2n) is 8.32. The van der Waals surface area contributed by atoms with Crippen molar-refractivity contribution in [3.63, 3.8) is 0 Å². The van der Waals surface area contributed by atoms with Crippen molar-refractivity contribution in [2.75, 3.05) is 33.2 Å². The Labute approximate surface area is 147 Å². The van der Waals surface area contributed by atoms with Gasteiger partial charge in [-0.1, -0.05) is 49.6 Å². The highest BCUT2D eigenvalue weighted by atomic mass is 16.2. The fourth-order valence-electron chi connectivity index (χ4n) is 4.48. The quantitative estimate of drug-likeness (QED) is 0.776. The molecule has 2 fully saturated rings. The van der Waals surface area contributed by atoms with Crippen LogP contribution >= 0.6 is 0 Å². The van der Waals surface area contributed by atoms with Crippen molar-refractivity contribution < 1.29 is 9.28 Å². The van der Waals surface area contributed by atoms with Gasteiger partial charge in [0.15, 0.2) is 0 Å². The smallest absolute Gasteiger partial charge is 0.233 e. The Morgan fingerprint density at radius 1 is 1.04 bits per heavy atom. The predicted molar refractivity (Wildman–Crippen MR) is 98.8 cm³/mol. The van der Waals surface area contributed by atoms with Crippen LogP contribution in [0.2, 0.25) is 0 Å². The van der Waals surface area contributed by atoms with Gasteiger partial charge in [0, 0.05) is 0 Å². The molecule has 1 saturated carbocycles. The van der Waals surface area contributed by atoms with Gasteiger partial charge in [-0.3, -0.25) is 4.79 Å². The average molecular weight is 330 g/mol. The molecule has 1 aromatic carbocycles. The van der Waals surface area contributed by atoms with E-state index in [1.54, 1.807) is 0 Å². The predicted octanol–water partition coefficient (Wildman–Crippen LogP) is 3.59. The molecule has 1 heterocycles. The zero-order chi connectivity index (χ0) is 17.2. The van der Waals surface area contributed by atoms with E-state index in [-0.39, 0.29) is 5.41 Å². The molecule has 1 amide bonds. The fraction of sp³-hybridized carbons (Fsp3) is 0.667. The third-order valence-electron chi connectivity index (χ3n) is 6.74. The summed E-state index contributed by atoms with van der Waals surface area (Å²) in [5.41, 5.74) is 0.972. The van der Waals surface area contributed by atoms with Crippen LogP contribution in [0.5, 0.6) is 0 Å². The standard InChI is InChI=1S/C21H33N2O/c1-18(2)23(3)16-14-22(15-17-23)20(24)21(12-8-5-9-13-21)19-10-6-4-7-11-19/h4,6-7,10-11,18H,5,8-9,12-17H2,1-3H3/q+1. The Balaban J connectivity index is 1.81. The first-order valence-corrected chi connectivity index (χ1v) is 9.67. The summed E-state index contributed by atoms with van der Waals surface area (Å²) < 4.78 is 1.09. The number of amides is 1. The fourth-order valence-corrected chi connectivity index (χ4v) is 4.48. The summed E-state index contributed by atoms with van der Waals surface area (Å²) in [6, 6.07) is 11.2. The van der Waals surface area contributed by atoms with E-state index in [0.29, 0.717) is 11.9 Å². The molecular weight excluding hydrogens is 296 g/mol. The van der Waals surface area contributed by atoms with Crippen molar-refractivity contribution in [1.29, 1.82) is 0 Å². The minimum atomic E-state index is -0.266. The molecule has 1 aromatic rings. The van der Waals surface area contributed by atoms with Crippen molar-refractivity contribution >= 4 is 5.91 Å². The maximum Gasteiger partial charge on any atom is 0.233 e. The van der Waals surface area contributed by atoms with Crippen molar-refractivity contribution in [2.24, 2.45) is 0 Å². The van der Waals surface area contributed by atoms with E-state index in [9.17, 15) is 4.79 Å². The Morgan fingerprint density at radius 3 is 2.17 bits per heavy atom. The van der Waals surface area contributed by atoms with E-state index in [4.69, 9.17) is 0 Å². The molecule has 0 spiro atoms. The Bertz CT molecular complexity index is 552. The molecule has 1 aliphatic carbocycles.